The van der Waals surface area contributed by atoms with E-state index in [0.29, 0.717) is 12.8 Å². The number of fused-ring (bicyclic) bond motifs is 1. The fourth-order valence-corrected chi connectivity index (χ4v) is 1.85. The summed E-state index contributed by atoms with van der Waals surface area (Å²) >= 11 is 0. The quantitative estimate of drug-likeness (QED) is 0.852. The summed E-state index contributed by atoms with van der Waals surface area (Å²) in [7, 11) is 1.96. The normalized spacial score (nSPS) is 16.6. The molecule has 1 aliphatic rings. The van der Waals surface area contributed by atoms with E-state index in [1.807, 2.05) is 25.2 Å². The number of ether oxygens (including phenoxy) is 3. The molecule has 2 rings (SSSR count). The van der Waals surface area contributed by atoms with Crippen LogP contribution in [0.4, 0.5) is 0 Å². The Morgan fingerprint density at radius 3 is 2.82 bits per heavy atom. The van der Waals surface area contributed by atoms with E-state index in [0.717, 1.165) is 23.7 Å². The monoisotopic (exact) mass is 237 g/mol. The molecule has 0 saturated carbocycles. The van der Waals surface area contributed by atoms with E-state index in [9.17, 15) is 0 Å². The van der Waals surface area contributed by atoms with Gasteiger partial charge in [-0.25, -0.2) is 0 Å². The zero-order valence-corrected chi connectivity index (χ0v) is 10.5. The van der Waals surface area contributed by atoms with Gasteiger partial charge in [0.25, 0.3) is 0 Å². The molecule has 2 unspecified atom stereocenters. The van der Waals surface area contributed by atoms with Crippen LogP contribution in [-0.4, -0.2) is 26.0 Å². The van der Waals surface area contributed by atoms with Gasteiger partial charge in [0.1, 0.15) is 5.75 Å². The van der Waals surface area contributed by atoms with Crippen LogP contribution in [0.15, 0.2) is 18.2 Å². The molecule has 1 aromatic rings. The highest BCUT2D eigenvalue weighted by molar-refractivity contribution is 5.46. The lowest BCUT2D eigenvalue weighted by molar-refractivity contribution is 0.173. The highest BCUT2D eigenvalue weighted by Crippen LogP contribution is 2.35. The Balaban J connectivity index is 1.94. The predicted molar refractivity (Wildman–Crippen MR) is 65.8 cm³/mol. The maximum atomic E-state index is 5.84. The summed E-state index contributed by atoms with van der Waals surface area (Å²) in [4.78, 5) is 0. The van der Waals surface area contributed by atoms with Crippen molar-refractivity contribution in [2.45, 2.75) is 32.4 Å². The lowest BCUT2D eigenvalue weighted by atomic mass is 10.1. The van der Waals surface area contributed by atoms with Crippen molar-refractivity contribution in [3.8, 4) is 17.2 Å². The van der Waals surface area contributed by atoms with Crippen molar-refractivity contribution in [3.63, 3.8) is 0 Å². The summed E-state index contributed by atoms with van der Waals surface area (Å²) in [6.45, 7) is 4.50. The number of rotatable bonds is 5. The van der Waals surface area contributed by atoms with Crippen molar-refractivity contribution in [1.82, 2.24) is 5.32 Å². The standard InChI is InChI=1S/C13H19NO3/c1-9(14-3)6-10(2)17-11-4-5-12-13(7-11)16-8-15-12/h4-5,7,9-10,14H,6,8H2,1-3H3. The van der Waals surface area contributed by atoms with E-state index in [1.165, 1.54) is 0 Å². The van der Waals surface area contributed by atoms with Crippen molar-refractivity contribution in [3.05, 3.63) is 18.2 Å². The average Bonchev–Trinajstić information content (AvgIpc) is 2.75. The van der Waals surface area contributed by atoms with Gasteiger partial charge in [-0.15, -0.1) is 0 Å². The zero-order valence-electron chi connectivity index (χ0n) is 10.5. The van der Waals surface area contributed by atoms with Gasteiger partial charge >= 0.3 is 0 Å². The van der Waals surface area contributed by atoms with E-state index in [2.05, 4.69) is 19.2 Å². The Hall–Kier alpha value is -1.42. The number of benzene rings is 1. The molecular weight excluding hydrogens is 218 g/mol. The van der Waals surface area contributed by atoms with Gasteiger partial charge in [-0.2, -0.15) is 0 Å². The van der Waals surface area contributed by atoms with Crippen LogP contribution in [0.3, 0.4) is 0 Å². The fraction of sp³-hybridized carbons (Fsp3) is 0.538. The van der Waals surface area contributed by atoms with E-state index < -0.39 is 0 Å². The fourth-order valence-electron chi connectivity index (χ4n) is 1.85. The molecule has 0 saturated heterocycles. The lowest BCUT2D eigenvalue weighted by Crippen LogP contribution is -2.28. The van der Waals surface area contributed by atoms with Crippen LogP contribution in [0.25, 0.3) is 0 Å². The van der Waals surface area contributed by atoms with E-state index in [4.69, 9.17) is 14.2 Å². The van der Waals surface area contributed by atoms with E-state index in [-0.39, 0.29) is 6.10 Å². The SMILES string of the molecule is CNC(C)CC(C)Oc1ccc2c(c1)OCO2. The maximum Gasteiger partial charge on any atom is 0.231 e. The Bertz CT molecular complexity index is 381. The molecule has 1 N–H and O–H groups in total. The number of hydrogen-bond donors (Lipinski definition) is 1. The lowest BCUT2D eigenvalue weighted by Gasteiger charge is -2.18. The van der Waals surface area contributed by atoms with Gasteiger partial charge in [0.2, 0.25) is 6.79 Å². The molecular formula is C13H19NO3. The molecule has 1 aliphatic heterocycles. The number of nitrogens with one attached hydrogen (secondary N) is 1. The van der Waals surface area contributed by atoms with Crippen molar-refractivity contribution in [2.24, 2.45) is 0 Å². The second-order valence-corrected chi connectivity index (χ2v) is 4.37. The molecule has 0 spiro atoms. The van der Waals surface area contributed by atoms with Gasteiger partial charge in [-0.05, 0) is 39.4 Å². The highest BCUT2D eigenvalue weighted by Gasteiger charge is 2.15. The smallest absolute Gasteiger partial charge is 0.231 e. The van der Waals surface area contributed by atoms with Crippen molar-refractivity contribution in [2.75, 3.05) is 13.8 Å². The van der Waals surface area contributed by atoms with Gasteiger partial charge in [-0.3, -0.25) is 0 Å². The Labute approximate surface area is 102 Å². The van der Waals surface area contributed by atoms with E-state index in [1.54, 1.807) is 0 Å². The third-order valence-corrected chi connectivity index (χ3v) is 2.86. The van der Waals surface area contributed by atoms with Crippen LogP contribution in [0, 0.1) is 0 Å². The maximum absolute atomic E-state index is 5.84. The average molecular weight is 237 g/mol. The van der Waals surface area contributed by atoms with Crippen LogP contribution in [0.1, 0.15) is 20.3 Å². The summed E-state index contributed by atoms with van der Waals surface area (Å²) in [5.41, 5.74) is 0. The summed E-state index contributed by atoms with van der Waals surface area (Å²) in [6, 6.07) is 6.11. The molecule has 0 fully saturated rings. The molecule has 0 amide bonds. The first-order valence-electron chi connectivity index (χ1n) is 5.92. The number of hydrogen-bond acceptors (Lipinski definition) is 4. The Morgan fingerprint density at radius 1 is 1.29 bits per heavy atom. The van der Waals surface area contributed by atoms with E-state index >= 15 is 0 Å². The third-order valence-electron chi connectivity index (χ3n) is 2.86. The molecule has 1 heterocycles. The first-order chi connectivity index (χ1) is 8.19. The highest BCUT2D eigenvalue weighted by atomic mass is 16.7. The predicted octanol–water partition coefficient (Wildman–Crippen LogP) is 2.18. The molecule has 0 bridgehead atoms. The van der Waals surface area contributed by atoms with Crippen molar-refractivity contribution < 1.29 is 14.2 Å². The van der Waals surface area contributed by atoms with Gasteiger partial charge in [-0.1, -0.05) is 0 Å². The summed E-state index contributed by atoms with van der Waals surface area (Å²) < 4.78 is 16.4. The Morgan fingerprint density at radius 2 is 2.06 bits per heavy atom. The Kier molecular flexibility index (Phi) is 3.74. The van der Waals surface area contributed by atoms with Crippen LogP contribution in [0.2, 0.25) is 0 Å². The molecule has 4 heteroatoms. The molecule has 0 radical (unpaired) electrons. The molecule has 0 aromatic heterocycles. The van der Waals surface area contributed by atoms with Crippen molar-refractivity contribution in [1.29, 1.82) is 0 Å². The van der Waals surface area contributed by atoms with Crippen LogP contribution in [-0.2, 0) is 0 Å². The molecule has 94 valence electrons. The molecule has 17 heavy (non-hydrogen) atoms. The molecule has 4 nitrogen and oxygen atoms in total. The summed E-state index contributed by atoms with van der Waals surface area (Å²) in [6.07, 6.45) is 1.13. The van der Waals surface area contributed by atoms with Crippen molar-refractivity contribution >= 4 is 0 Å². The minimum absolute atomic E-state index is 0.165. The van der Waals surface area contributed by atoms with Gasteiger partial charge in [0, 0.05) is 12.1 Å². The zero-order chi connectivity index (χ0) is 12.3. The first kappa shape index (κ1) is 12.0. The van der Waals surface area contributed by atoms with Gasteiger partial charge in [0.05, 0.1) is 6.10 Å². The van der Waals surface area contributed by atoms with Crippen LogP contribution < -0.4 is 19.5 Å². The minimum atomic E-state index is 0.165. The van der Waals surface area contributed by atoms with Gasteiger partial charge < -0.3 is 19.5 Å². The van der Waals surface area contributed by atoms with Crippen LogP contribution in [0.5, 0.6) is 17.2 Å². The largest absolute Gasteiger partial charge is 0.491 e. The van der Waals surface area contributed by atoms with Crippen LogP contribution >= 0.6 is 0 Å². The second-order valence-electron chi connectivity index (χ2n) is 4.37. The topological polar surface area (TPSA) is 39.7 Å². The molecule has 0 aliphatic carbocycles. The molecule has 2 atom stereocenters. The third kappa shape index (κ3) is 3.03. The summed E-state index contributed by atoms with van der Waals surface area (Å²) in [5, 5.41) is 3.20. The first-order valence-corrected chi connectivity index (χ1v) is 5.92. The van der Waals surface area contributed by atoms with Gasteiger partial charge in [0.15, 0.2) is 11.5 Å². The molecule has 1 aromatic carbocycles. The summed E-state index contributed by atoms with van der Waals surface area (Å²) in [5.74, 6) is 2.37. The minimum Gasteiger partial charge on any atom is -0.491 e. The second kappa shape index (κ2) is 5.27.